The quantitative estimate of drug-likeness (QED) is 0.107. The third-order valence-electron chi connectivity index (χ3n) is 7.31. The Morgan fingerprint density at radius 2 is 1.62 bits per heavy atom. The Labute approximate surface area is 258 Å². The van der Waals surface area contributed by atoms with Gasteiger partial charge in [-0.25, -0.2) is 0 Å². The molecule has 2 rings (SSSR count). The topological polar surface area (TPSA) is 254 Å². The second kappa shape index (κ2) is 16.7. The summed E-state index contributed by atoms with van der Waals surface area (Å²) in [6.07, 6.45) is -0.611. The zero-order valence-corrected chi connectivity index (χ0v) is 25.1. The van der Waals surface area contributed by atoms with Crippen LogP contribution in [0.25, 0.3) is 0 Å². The Morgan fingerprint density at radius 1 is 0.978 bits per heavy atom. The van der Waals surface area contributed by atoms with Crippen LogP contribution in [-0.4, -0.2) is 92.2 Å². The minimum absolute atomic E-state index is 0.0649. The van der Waals surface area contributed by atoms with E-state index in [0.29, 0.717) is 12.8 Å². The molecular weight excluding hydrogens is 596 g/mol. The van der Waals surface area contributed by atoms with Crippen molar-refractivity contribution in [3.8, 4) is 0 Å². The van der Waals surface area contributed by atoms with Gasteiger partial charge >= 0.3 is 11.9 Å². The predicted molar refractivity (Wildman–Crippen MR) is 157 cm³/mol. The van der Waals surface area contributed by atoms with Crippen LogP contribution >= 0.6 is 0 Å². The smallest absolute Gasteiger partial charge is 0.305 e. The maximum Gasteiger partial charge on any atom is 0.305 e. The van der Waals surface area contributed by atoms with Gasteiger partial charge in [0.25, 0.3) is 5.69 Å². The first-order valence-electron chi connectivity index (χ1n) is 14.3. The number of nitro groups is 1. The number of carboxylic acids is 2. The summed E-state index contributed by atoms with van der Waals surface area (Å²) in [7, 11) is 0. The molecule has 1 aliphatic rings. The molecule has 6 N–H and O–H groups in total. The number of aliphatic carboxylic acids is 2. The summed E-state index contributed by atoms with van der Waals surface area (Å²) >= 11 is 0. The van der Waals surface area contributed by atoms with E-state index in [9.17, 15) is 53.9 Å². The van der Waals surface area contributed by atoms with Crippen molar-refractivity contribution in [2.24, 2.45) is 5.92 Å². The number of carbonyl (C=O) groups is 7. The first kappa shape index (κ1) is 36.1. The summed E-state index contributed by atoms with van der Waals surface area (Å²) in [5.74, 6) is -6.66. The van der Waals surface area contributed by atoms with Gasteiger partial charge in [-0.15, -0.1) is 0 Å². The van der Waals surface area contributed by atoms with E-state index in [2.05, 4.69) is 21.3 Å². The molecule has 1 aliphatic heterocycles. The molecule has 1 fully saturated rings. The van der Waals surface area contributed by atoms with Crippen molar-refractivity contribution in [1.29, 1.82) is 0 Å². The van der Waals surface area contributed by atoms with Crippen LogP contribution in [0.15, 0.2) is 24.3 Å². The number of benzene rings is 1. The Hall–Kier alpha value is -5.09. The molecule has 0 unspecified atom stereocenters. The van der Waals surface area contributed by atoms with E-state index in [-0.39, 0.29) is 36.7 Å². The first-order valence-corrected chi connectivity index (χ1v) is 14.3. The molecule has 5 atom stereocenters. The van der Waals surface area contributed by atoms with Crippen molar-refractivity contribution in [3.63, 3.8) is 0 Å². The number of nitro benzene ring substituents is 1. The van der Waals surface area contributed by atoms with Crippen LogP contribution in [0, 0.1) is 16.0 Å². The lowest BCUT2D eigenvalue weighted by Crippen LogP contribution is -2.58. The van der Waals surface area contributed by atoms with Gasteiger partial charge in [0, 0.05) is 37.7 Å². The molecule has 45 heavy (non-hydrogen) atoms. The van der Waals surface area contributed by atoms with Gasteiger partial charge in [-0.05, 0) is 37.3 Å². The highest BCUT2D eigenvalue weighted by molar-refractivity contribution is 6.00. The zero-order valence-electron chi connectivity index (χ0n) is 25.1. The number of nitrogens with one attached hydrogen (secondary N) is 4. The molecule has 0 spiro atoms. The van der Waals surface area contributed by atoms with E-state index in [1.165, 1.54) is 19.1 Å². The maximum absolute atomic E-state index is 13.6. The molecule has 0 saturated carbocycles. The minimum atomic E-state index is -1.58. The van der Waals surface area contributed by atoms with E-state index in [1.54, 1.807) is 13.8 Å². The van der Waals surface area contributed by atoms with Crippen LogP contribution in [0.5, 0.6) is 0 Å². The highest BCUT2D eigenvalue weighted by Crippen LogP contribution is 2.21. The lowest BCUT2D eigenvalue weighted by Gasteiger charge is -2.31. The molecule has 1 saturated heterocycles. The minimum Gasteiger partial charge on any atom is -0.481 e. The van der Waals surface area contributed by atoms with Crippen LogP contribution < -0.4 is 21.3 Å². The fraction of sp³-hybridized carbons (Fsp3) is 0.536. The van der Waals surface area contributed by atoms with Gasteiger partial charge < -0.3 is 36.4 Å². The number of rotatable bonds is 16. The van der Waals surface area contributed by atoms with Crippen molar-refractivity contribution >= 4 is 52.8 Å². The molecule has 17 nitrogen and oxygen atoms in total. The molecule has 17 heteroatoms. The van der Waals surface area contributed by atoms with Gasteiger partial charge in [0.2, 0.25) is 29.5 Å². The van der Waals surface area contributed by atoms with Crippen LogP contribution in [0.2, 0.25) is 0 Å². The van der Waals surface area contributed by atoms with Crippen LogP contribution in [0.3, 0.4) is 0 Å². The molecule has 1 heterocycles. The van der Waals surface area contributed by atoms with Crippen LogP contribution in [-0.2, 0) is 33.6 Å². The number of likely N-dealkylation sites (tertiary alicyclic amines) is 1. The Kier molecular flexibility index (Phi) is 13.4. The van der Waals surface area contributed by atoms with Gasteiger partial charge in [0.1, 0.15) is 24.2 Å². The van der Waals surface area contributed by atoms with Gasteiger partial charge in [-0.2, -0.15) is 0 Å². The van der Waals surface area contributed by atoms with E-state index < -0.39 is 83.4 Å². The fourth-order valence-electron chi connectivity index (χ4n) is 4.76. The molecule has 0 aromatic heterocycles. The molecule has 0 aliphatic carbocycles. The highest BCUT2D eigenvalue weighted by atomic mass is 16.6. The number of non-ortho nitro benzene ring substituents is 1. The van der Waals surface area contributed by atoms with Crippen molar-refractivity contribution in [3.05, 3.63) is 34.4 Å². The second-order valence-corrected chi connectivity index (χ2v) is 10.7. The number of anilines is 1. The fourth-order valence-corrected chi connectivity index (χ4v) is 4.76. The summed E-state index contributed by atoms with van der Waals surface area (Å²) in [6, 6.07) is -0.386. The Balaban J connectivity index is 2.23. The van der Waals surface area contributed by atoms with Crippen LogP contribution in [0.1, 0.15) is 59.3 Å². The number of carboxylic acid groups (broad SMARTS) is 2. The van der Waals surface area contributed by atoms with Gasteiger partial charge in [-0.3, -0.25) is 43.7 Å². The summed E-state index contributed by atoms with van der Waals surface area (Å²) in [5, 5.41) is 39.3. The van der Waals surface area contributed by atoms with Crippen molar-refractivity contribution in [2.45, 2.75) is 83.5 Å². The average molecular weight is 635 g/mol. The lowest BCUT2D eigenvalue weighted by atomic mass is 9.97. The van der Waals surface area contributed by atoms with Crippen molar-refractivity contribution < 1.29 is 48.7 Å². The number of carbonyl (C=O) groups excluding carboxylic acids is 5. The molecule has 1 aromatic carbocycles. The number of amides is 5. The average Bonchev–Trinajstić information content (AvgIpc) is 3.47. The molecule has 1 aromatic rings. The third kappa shape index (κ3) is 10.8. The number of hydrogen-bond acceptors (Lipinski definition) is 9. The van der Waals surface area contributed by atoms with Crippen molar-refractivity contribution in [1.82, 2.24) is 20.9 Å². The summed E-state index contributed by atoms with van der Waals surface area (Å²) in [6.45, 7) is 4.82. The van der Waals surface area contributed by atoms with E-state index >= 15 is 0 Å². The van der Waals surface area contributed by atoms with E-state index in [0.717, 1.165) is 17.0 Å². The third-order valence-corrected chi connectivity index (χ3v) is 7.31. The normalized spacial score (nSPS) is 16.8. The number of hydrogen-bond donors (Lipinski definition) is 6. The standard InChI is InChI=1S/C28H38N6O11/c1-4-15(2)24(29-16(3)35)27(42)31-19(11-12-22(36)37)28(43)33-13-5-6-21(33)26(41)32-20(14-23(38)39)25(40)30-17-7-9-18(10-8-17)34(44)45/h7-10,15,19-21,24H,4-6,11-14H2,1-3H3,(H,29,35)(H,30,40)(H,31,42)(H,32,41)(H,36,37)(H,38,39)/t15-,19-,20-,21-,24-/m0/s1. The second-order valence-electron chi connectivity index (χ2n) is 10.7. The molecular formula is C28H38N6O11. The van der Waals surface area contributed by atoms with Gasteiger partial charge in [-0.1, -0.05) is 20.3 Å². The zero-order chi connectivity index (χ0) is 33.8. The van der Waals surface area contributed by atoms with Gasteiger partial charge in [0.15, 0.2) is 0 Å². The van der Waals surface area contributed by atoms with Crippen molar-refractivity contribution in [2.75, 3.05) is 11.9 Å². The number of nitrogens with zero attached hydrogens (tertiary/aromatic N) is 2. The predicted octanol–water partition coefficient (Wildman–Crippen LogP) is 0.384. The van der Waals surface area contributed by atoms with Gasteiger partial charge in [0.05, 0.1) is 11.3 Å². The Morgan fingerprint density at radius 3 is 2.16 bits per heavy atom. The molecule has 0 bridgehead atoms. The summed E-state index contributed by atoms with van der Waals surface area (Å²) in [5.41, 5.74) is -0.127. The summed E-state index contributed by atoms with van der Waals surface area (Å²) < 4.78 is 0. The monoisotopic (exact) mass is 634 g/mol. The largest absolute Gasteiger partial charge is 0.481 e. The van der Waals surface area contributed by atoms with Crippen LogP contribution in [0.4, 0.5) is 11.4 Å². The van der Waals surface area contributed by atoms with E-state index in [4.69, 9.17) is 0 Å². The molecule has 246 valence electrons. The summed E-state index contributed by atoms with van der Waals surface area (Å²) in [4.78, 5) is 98.9. The van der Waals surface area contributed by atoms with E-state index in [1.807, 2.05) is 0 Å². The SMILES string of the molecule is CC[C@H](C)[C@H](NC(C)=O)C(=O)N[C@@H](CCC(=O)O)C(=O)N1CCC[C@H]1C(=O)N[C@@H](CC(=O)O)C(=O)Nc1ccc([N+](=O)[O-])cc1. The highest BCUT2D eigenvalue weighted by Gasteiger charge is 2.40. The first-order chi connectivity index (χ1) is 21.1. The molecule has 0 radical (unpaired) electrons. The maximum atomic E-state index is 13.6. The Bertz CT molecular complexity index is 1300. The molecule has 5 amide bonds. The lowest BCUT2D eigenvalue weighted by molar-refractivity contribution is -0.384.